The highest BCUT2D eigenvalue weighted by atomic mass is 32.2. The standard InChI is InChI=1S/C18H22N2O6S/c1-24-16-7-5-4-6-15(16)17(25-2)12-19-27(22,23)14-10-8-13(9-11-14)20-18(21)26-3/h4-11,17,19H,12H2,1-3H3,(H,20,21)/t17-/m1/s1. The molecule has 0 heterocycles. The van der Waals surface area contributed by atoms with Gasteiger partial charge in [-0.1, -0.05) is 18.2 Å². The second kappa shape index (κ2) is 9.36. The van der Waals surface area contributed by atoms with E-state index in [1.807, 2.05) is 18.2 Å². The Morgan fingerprint density at radius 3 is 2.30 bits per heavy atom. The van der Waals surface area contributed by atoms with Crippen LogP contribution in [0.2, 0.25) is 0 Å². The van der Waals surface area contributed by atoms with Crippen LogP contribution in [0.3, 0.4) is 0 Å². The molecule has 0 fully saturated rings. The van der Waals surface area contributed by atoms with Crippen molar-refractivity contribution in [2.45, 2.75) is 11.0 Å². The van der Waals surface area contributed by atoms with Crippen molar-refractivity contribution in [3.63, 3.8) is 0 Å². The van der Waals surface area contributed by atoms with Crippen LogP contribution in [0.1, 0.15) is 11.7 Å². The molecule has 1 atom stereocenters. The molecule has 2 aromatic carbocycles. The minimum Gasteiger partial charge on any atom is -0.496 e. The minimum atomic E-state index is -3.76. The number of nitrogens with one attached hydrogen (secondary N) is 2. The molecule has 146 valence electrons. The van der Waals surface area contributed by atoms with Gasteiger partial charge in [0.1, 0.15) is 5.75 Å². The Labute approximate surface area is 158 Å². The van der Waals surface area contributed by atoms with Crippen molar-refractivity contribution >= 4 is 21.8 Å². The van der Waals surface area contributed by atoms with E-state index in [0.29, 0.717) is 11.4 Å². The van der Waals surface area contributed by atoms with Crippen molar-refractivity contribution in [3.05, 3.63) is 54.1 Å². The summed E-state index contributed by atoms with van der Waals surface area (Å²) in [7, 11) is 0.524. The third-order valence-corrected chi connectivity index (χ3v) is 5.26. The predicted octanol–water partition coefficient (Wildman–Crippen LogP) is 2.54. The number of carbonyl (C=O) groups excluding carboxylic acids is 1. The Morgan fingerprint density at radius 1 is 1.04 bits per heavy atom. The molecule has 0 aromatic heterocycles. The lowest BCUT2D eigenvalue weighted by atomic mass is 10.1. The summed E-state index contributed by atoms with van der Waals surface area (Å²) in [5.74, 6) is 0.613. The maximum Gasteiger partial charge on any atom is 0.411 e. The van der Waals surface area contributed by atoms with E-state index < -0.39 is 22.2 Å². The van der Waals surface area contributed by atoms with Crippen LogP contribution in [-0.2, 0) is 19.5 Å². The predicted molar refractivity (Wildman–Crippen MR) is 100 cm³/mol. The summed E-state index contributed by atoms with van der Waals surface area (Å²) in [6, 6.07) is 13.0. The summed E-state index contributed by atoms with van der Waals surface area (Å²) in [5.41, 5.74) is 1.16. The number of rotatable bonds is 8. The number of ether oxygens (including phenoxy) is 3. The summed E-state index contributed by atoms with van der Waals surface area (Å²) in [5, 5.41) is 2.45. The van der Waals surface area contributed by atoms with Crippen LogP contribution in [0.25, 0.3) is 0 Å². The molecule has 0 saturated heterocycles. The van der Waals surface area contributed by atoms with E-state index >= 15 is 0 Å². The lowest BCUT2D eigenvalue weighted by molar-refractivity contribution is 0.105. The van der Waals surface area contributed by atoms with E-state index in [0.717, 1.165) is 5.56 Å². The first kappa shape index (κ1) is 20.7. The molecular formula is C18H22N2O6S. The first-order valence-electron chi connectivity index (χ1n) is 8.01. The monoisotopic (exact) mass is 394 g/mol. The lowest BCUT2D eigenvalue weighted by Crippen LogP contribution is -2.29. The third-order valence-electron chi connectivity index (χ3n) is 3.83. The summed E-state index contributed by atoms with van der Waals surface area (Å²) in [6.45, 7) is 0.0291. The normalized spacial score (nSPS) is 12.3. The maximum absolute atomic E-state index is 12.5. The Kier molecular flexibility index (Phi) is 7.17. The second-order valence-corrected chi connectivity index (χ2v) is 7.23. The van der Waals surface area contributed by atoms with Crippen molar-refractivity contribution in [2.24, 2.45) is 0 Å². The van der Waals surface area contributed by atoms with E-state index in [4.69, 9.17) is 9.47 Å². The van der Waals surface area contributed by atoms with Gasteiger partial charge in [-0.2, -0.15) is 0 Å². The van der Waals surface area contributed by atoms with E-state index in [-0.39, 0.29) is 11.4 Å². The van der Waals surface area contributed by atoms with E-state index in [1.165, 1.54) is 38.5 Å². The number of benzene rings is 2. The van der Waals surface area contributed by atoms with Crippen LogP contribution in [0.4, 0.5) is 10.5 Å². The van der Waals surface area contributed by atoms with Gasteiger partial charge < -0.3 is 14.2 Å². The van der Waals surface area contributed by atoms with Crippen LogP contribution >= 0.6 is 0 Å². The summed E-state index contributed by atoms with van der Waals surface area (Å²) >= 11 is 0. The molecule has 0 spiro atoms. The van der Waals surface area contributed by atoms with Crippen molar-refractivity contribution in [1.82, 2.24) is 4.72 Å². The van der Waals surface area contributed by atoms with Crippen molar-refractivity contribution < 1.29 is 27.4 Å². The molecule has 0 aliphatic carbocycles. The topological polar surface area (TPSA) is 103 Å². The molecular weight excluding hydrogens is 372 g/mol. The molecule has 1 amide bonds. The second-order valence-electron chi connectivity index (χ2n) is 5.46. The van der Waals surface area contributed by atoms with E-state index in [9.17, 15) is 13.2 Å². The molecule has 0 radical (unpaired) electrons. The molecule has 9 heteroatoms. The number of carbonyl (C=O) groups is 1. The number of anilines is 1. The molecule has 0 bridgehead atoms. The largest absolute Gasteiger partial charge is 0.496 e. The van der Waals surface area contributed by atoms with Gasteiger partial charge in [-0.25, -0.2) is 17.9 Å². The Balaban J connectivity index is 2.10. The number of para-hydroxylation sites is 1. The van der Waals surface area contributed by atoms with Crippen molar-refractivity contribution in [2.75, 3.05) is 33.2 Å². The Hall–Kier alpha value is -2.62. The Morgan fingerprint density at radius 2 is 1.70 bits per heavy atom. The fourth-order valence-corrected chi connectivity index (χ4v) is 3.44. The lowest BCUT2D eigenvalue weighted by Gasteiger charge is -2.19. The van der Waals surface area contributed by atoms with Gasteiger partial charge in [0, 0.05) is 24.9 Å². The number of sulfonamides is 1. The fraction of sp³-hybridized carbons (Fsp3) is 0.278. The summed E-state index contributed by atoms with van der Waals surface area (Å²) < 4.78 is 42.8. The van der Waals surface area contributed by atoms with Gasteiger partial charge in [0.2, 0.25) is 10.0 Å². The van der Waals surface area contributed by atoms with E-state index in [2.05, 4.69) is 14.8 Å². The van der Waals surface area contributed by atoms with Crippen LogP contribution in [0.15, 0.2) is 53.4 Å². The zero-order valence-electron chi connectivity index (χ0n) is 15.3. The molecule has 27 heavy (non-hydrogen) atoms. The molecule has 8 nitrogen and oxygen atoms in total. The highest BCUT2D eigenvalue weighted by Gasteiger charge is 2.20. The third kappa shape index (κ3) is 5.43. The zero-order valence-corrected chi connectivity index (χ0v) is 16.1. The molecule has 2 aromatic rings. The van der Waals surface area contributed by atoms with Gasteiger partial charge in [-0.3, -0.25) is 5.32 Å². The highest BCUT2D eigenvalue weighted by molar-refractivity contribution is 7.89. The average molecular weight is 394 g/mol. The van der Waals surface area contributed by atoms with Gasteiger partial charge in [-0.05, 0) is 30.3 Å². The molecule has 0 unspecified atom stereocenters. The first-order chi connectivity index (χ1) is 12.9. The van der Waals surface area contributed by atoms with Crippen LogP contribution < -0.4 is 14.8 Å². The highest BCUT2D eigenvalue weighted by Crippen LogP contribution is 2.27. The SMILES string of the molecule is COC(=O)Nc1ccc(S(=O)(=O)NC[C@@H](OC)c2ccccc2OC)cc1. The quantitative estimate of drug-likeness (QED) is 0.713. The van der Waals surface area contributed by atoms with Gasteiger partial charge in [-0.15, -0.1) is 0 Å². The van der Waals surface area contributed by atoms with Gasteiger partial charge in [0.25, 0.3) is 0 Å². The molecule has 0 aliphatic rings. The smallest absolute Gasteiger partial charge is 0.411 e. The number of methoxy groups -OCH3 is 3. The van der Waals surface area contributed by atoms with E-state index in [1.54, 1.807) is 13.2 Å². The fourth-order valence-electron chi connectivity index (χ4n) is 2.41. The molecule has 2 N–H and O–H groups in total. The number of amides is 1. The molecule has 0 saturated carbocycles. The van der Waals surface area contributed by atoms with Crippen LogP contribution in [0, 0.1) is 0 Å². The maximum atomic E-state index is 12.5. The van der Waals surface area contributed by atoms with Crippen LogP contribution in [0.5, 0.6) is 5.75 Å². The summed E-state index contributed by atoms with van der Waals surface area (Å²) in [4.78, 5) is 11.2. The zero-order chi connectivity index (χ0) is 19.9. The number of hydrogen-bond acceptors (Lipinski definition) is 6. The molecule has 0 aliphatic heterocycles. The minimum absolute atomic E-state index is 0.0291. The Bertz CT molecular complexity index is 868. The van der Waals surface area contributed by atoms with Gasteiger partial charge in [0.15, 0.2) is 0 Å². The summed E-state index contributed by atoms with van der Waals surface area (Å²) in [6.07, 6.45) is -1.15. The van der Waals surface area contributed by atoms with Crippen molar-refractivity contribution in [1.29, 1.82) is 0 Å². The number of hydrogen-bond donors (Lipinski definition) is 2. The van der Waals surface area contributed by atoms with Crippen LogP contribution in [-0.4, -0.2) is 42.4 Å². The van der Waals surface area contributed by atoms with Crippen molar-refractivity contribution in [3.8, 4) is 5.75 Å². The van der Waals surface area contributed by atoms with Gasteiger partial charge in [0.05, 0.1) is 25.2 Å². The first-order valence-corrected chi connectivity index (χ1v) is 9.50. The van der Waals surface area contributed by atoms with Gasteiger partial charge >= 0.3 is 6.09 Å². The molecule has 2 rings (SSSR count). The average Bonchev–Trinajstić information content (AvgIpc) is 2.69.